The lowest BCUT2D eigenvalue weighted by Gasteiger charge is -2.22. The van der Waals surface area contributed by atoms with Gasteiger partial charge in [-0.3, -0.25) is 9.59 Å². The Morgan fingerprint density at radius 3 is 2.50 bits per heavy atom. The Bertz CT molecular complexity index is 806. The van der Waals surface area contributed by atoms with Gasteiger partial charge in [0.2, 0.25) is 21.8 Å². The van der Waals surface area contributed by atoms with Crippen LogP contribution in [0.4, 0.5) is 0 Å². The number of likely N-dealkylation sites (tertiary alicyclic amines) is 1. The molecule has 30 heavy (non-hydrogen) atoms. The van der Waals surface area contributed by atoms with Crippen LogP contribution in [0.5, 0.6) is 0 Å². The molecule has 8 heteroatoms. The highest BCUT2D eigenvalue weighted by molar-refractivity contribution is 7.89. The first kappa shape index (κ1) is 24.3. The Labute approximate surface area is 180 Å². The number of nitrogens with one attached hydrogen (secondary N) is 2. The quantitative estimate of drug-likeness (QED) is 0.550. The minimum atomic E-state index is -3.79. The number of sulfonamides is 1. The van der Waals surface area contributed by atoms with Gasteiger partial charge in [0, 0.05) is 26.1 Å². The van der Waals surface area contributed by atoms with Crippen LogP contribution in [0.15, 0.2) is 29.2 Å². The largest absolute Gasteiger partial charge is 0.355 e. The molecule has 1 aliphatic heterocycles. The molecule has 0 saturated carbocycles. The van der Waals surface area contributed by atoms with Gasteiger partial charge in [0.1, 0.15) is 6.04 Å². The van der Waals surface area contributed by atoms with E-state index in [0.29, 0.717) is 32.4 Å². The van der Waals surface area contributed by atoms with Gasteiger partial charge in [-0.25, -0.2) is 8.42 Å². The summed E-state index contributed by atoms with van der Waals surface area (Å²) in [4.78, 5) is 26.8. The second-order valence-corrected chi connectivity index (χ2v) is 10.2. The van der Waals surface area contributed by atoms with Crippen LogP contribution in [0.1, 0.15) is 57.9 Å². The first-order valence-corrected chi connectivity index (χ1v) is 12.3. The van der Waals surface area contributed by atoms with Crippen molar-refractivity contribution in [3.05, 3.63) is 29.8 Å². The Hall–Kier alpha value is -1.93. The van der Waals surface area contributed by atoms with Gasteiger partial charge in [-0.2, -0.15) is 4.72 Å². The van der Waals surface area contributed by atoms with Gasteiger partial charge in [-0.05, 0) is 50.7 Å². The zero-order chi connectivity index (χ0) is 22.1. The van der Waals surface area contributed by atoms with E-state index < -0.39 is 16.1 Å². The molecule has 0 aromatic heterocycles. The monoisotopic (exact) mass is 437 g/mol. The van der Waals surface area contributed by atoms with Gasteiger partial charge in [0.05, 0.1) is 4.90 Å². The Balaban J connectivity index is 1.91. The second kappa shape index (κ2) is 11.5. The molecule has 7 nitrogen and oxygen atoms in total. The van der Waals surface area contributed by atoms with Crippen LogP contribution in [0.3, 0.4) is 0 Å². The Kier molecular flexibility index (Phi) is 9.30. The van der Waals surface area contributed by atoms with Crippen molar-refractivity contribution in [2.24, 2.45) is 5.92 Å². The maximum atomic E-state index is 12.7. The number of nitrogens with zero attached hydrogens (tertiary/aromatic N) is 1. The lowest BCUT2D eigenvalue weighted by atomic mass is 10.0. The third-order valence-corrected chi connectivity index (χ3v) is 6.72. The molecule has 1 atom stereocenters. The molecular formula is C22H35N3O4S. The van der Waals surface area contributed by atoms with Gasteiger partial charge >= 0.3 is 0 Å². The van der Waals surface area contributed by atoms with Crippen molar-refractivity contribution in [1.82, 2.24) is 14.9 Å². The summed E-state index contributed by atoms with van der Waals surface area (Å²) in [7, 11) is -3.79. The average molecular weight is 438 g/mol. The third-order valence-electron chi connectivity index (χ3n) is 5.23. The first-order chi connectivity index (χ1) is 14.2. The lowest BCUT2D eigenvalue weighted by molar-refractivity contribution is -0.130. The van der Waals surface area contributed by atoms with E-state index >= 15 is 0 Å². The van der Waals surface area contributed by atoms with Crippen molar-refractivity contribution in [1.29, 1.82) is 0 Å². The number of hydrogen-bond acceptors (Lipinski definition) is 4. The number of hydrogen-bond donors (Lipinski definition) is 2. The minimum Gasteiger partial charge on any atom is -0.355 e. The summed E-state index contributed by atoms with van der Waals surface area (Å²) in [5.41, 5.74) is 0.966. The minimum absolute atomic E-state index is 0.148. The number of carbonyl (C=O) groups excluding carboxylic acids is 2. The van der Waals surface area contributed by atoms with E-state index in [2.05, 4.69) is 10.0 Å². The van der Waals surface area contributed by atoms with E-state index in [0.717, 1.165) is 31.4 Å². The summed E-state index contributed by atoms with van der Waals surface area (Å²) in [6.07, 6.45) is 4.71. The molecule has 2 amide bonds. The van der Waals surface area contributed by atoms with Crippen LogP contribution >= 0.6 is 0 Å². The normalized spacial score (nSPS) is 16.4. The molecular weight excluding hydrogens is 402 g/mol. The summed E-state index contributed by atoms with van der Waals surface area (Å²) in [6.45, 7) is 7.58. The predicted molar refractivity (Wildman–Crippen MR) is 117 cm³/mol. The van der Waals surface area contributed by atoms with Crippen LogP contribution in [0, 0.1) is 12.8 Å². The van der Waals surface area contributed by atoms with E-state index in [4.69, 9.17) is 0 Å². The molecule has 0 radical (unpaired) electrons. The molecule has 1 aromatic carbocycles. The fraction of sp³-hybridized carbons (Fsp3) is 0.636. The number of carbonyl (C=O) groups is 2. The zero-order valence-electron chi connectivity index (χ0n) is 18.3. The average Bonchev–Trinajstić information content (AvgIpc) is 2.88. The van der Waals surface area contributed by atoms with Crippen LogP contribution in [-0.2, 0) is 19.6 Å². The Morgan fingerprint density at radius 2 is 1.83 bits per heavy atom. The standard InChI is InChI=1S/C22H35N3O4S/c1-17(2)16-20(24-30(28,29)19-11-9-18(3)10-12-19)22(27)23-13-7-15-25-14-6-4-5-8-21(25)26/h9-12,17,20,24H,4-8,13-16H2,1-3H3,(H,23,27). The fourth-order valence-electron chi connectivity index (χ4n) is 3.53. The lowest BCUT2D eigenvalue weighted by Crippen LogP contribution is -2.47. The van der Waals surface area contributed by atoms with E-state index in [9.17, 15) is 18.0 Å². The maximum absolute atomic E-state index is 12.7. The maximum Gasteiger partial charge on any atom is 0.241 e. The van der Waals surface area contributed by atoms with Gasteiger partial charge in [0.15, 0.2) is 0 Å². The topological polar surface area (TPSA) is 95.6 Å². The summed E-state index contributed by atoms with van der Waals surface area (Å²) in [5, 5.41) is 2.84. The van der Waals surface area contributed by atoms with Crippen LogP contribution in [0.2, 0.25) is 0 Å². The molecule has 1 heterocycles. The van der Waals surface area contributed by atoms with Crippen molar-refractivity contribution >= 4 is 21.8 Å². The summed E-state index contributed by atoms with van der Waals surface area (Å²) >= 11 is 0. The van der Waals surface area contributed by atoms with E-state index in [1.807, 2.05) is 25.7 Å². The number of amides is 2. The van der Waals surface area contributed by atoms with Crippen LogP contribution in [0.25, 0.3) is 0 Å². The van der Waals surface area contributed by atoms with Crippen molar-refractivity contribution in [3.63, 3.8) is 0 Å². The highest BCUT2D eigenvalue weighted by Gasteiger charge is 2.26. The SMILES string of the molecule is Cc1ccc(S(=O)(=O)NC(CC(C)C)C(=O)NCCCN2CCCCCC2=O)cc1. The fourth-order valence-corrected chi connectivity index (χ4v) is 4.74. The molecule has 1 aromatic rings. The van der Waals surface area contributed by atoms with Gasteiger partial charge in [-0.1, -0.05) is 38.0 Å². The van der Waals surface area contributed by atoms with Crippen molar-refractivity contribution < 1.29 is 18.0 Å². The summed E-state index contributed by atoms with van der Waals surface area (Å²) in [6, 6.07) is 5.71. The number of aryl methyl sites for hydroxylation is 1. The van der Waals surface area contributed by atoms with E-state index in [-0.39, 0.29) is 22.6 Å². The molecule has 1 fully saturated rings. The van der Waals surface area contributed by atoms with Crippen molar-refractivity contribution in [2.45, 2.75) is 70.2 Å². The van der Waals surface area contributed by atoms with Crippen LogP contribution < -0.4 is 10.0 Å². The Morgan fingerprint density at radius 1 is 1.13 bits per heavy atom. The molecule has 1 unspecified atom stereocenters. The van der Waals surface area contributed by atoms with Crippen molar-refractivity contribution in [3.8, 4) is 0 Å². The number of rotatable bonds is 10. The molecule has 0 bridgehead atoms. The second-order valence-electron chi connectivity index (χ2n) is 8.45. The smallest absolute Gasteiger partial charge is 0.241 e. The molecule has 0 spiro atoms. The zero-order valence-corrected chi connectivity index (χ0v) is 19.1. The molecule has 0 aliphatic carbocycles. The molecule has 1 saturated heterocycles. The molecule has 2 N–H and O–H groups in total. The summed E-state index contributed by atoms with van der Waals surface area (Å²) in [5.74, 6) is 0.000127. The van der Waals surface area contributed by atoms with Gasteiger partial charge in [-0.15, -0.1) is 0 Å². The first-order valence-electron chi connectivity index (χ1n) is 10.8. The van der Waals surface area contributed by atoms with E-state index in [1.54, 1.807) is 24.3 Å². The van der Waals surface area contributed by atoms with Gasteiger partial charge in [0.25, 0.3) is 0 Å². The summed E-state index contributed by atoms with van der Waals surface area (Å²) < 4.78 is 28.0. The molecule has 1 aliphatic rings. The van der Waals surface area contributed by atoms with Crippen molar-refractivity contribution in [2.75, 3.05) is 19.6 Å². The van der Waals surface area contributed by atoms with Crippen LogP contribution in [-0.4, -0.2) is 50.8 Å². The van der Waals surface area contributed by atoms with Gasteiger partial charge < -0.3 is 10.2 Å². The third kappa shape index (κ3) is 7.72. The number of benzene rings is 1. The highest BCUT2D eigenvalue weighted by Crippen LogP contribution is 2.14. The predicted octanol–water partition coefficient (Wildman–Crippen LogP) is 2.60. The highest BCUT2D eigenvalue weighted by atomic mass is 32.2. The molecule has 168 valence electrons. The molecule has 2 rings (SSSR count). The van der Waals surface area contributed by atoms with E-state index in [1.165, 1.54) is 0 Å².